The van der Waals surface area contributed by atoms with Gasteiger partial charge in [0.05, 0.1) is 5.41 Å². The Morgan fingerprint density at radius 1 is 1.50 bits per heavy atom. The van der Waals surface area contributed by atoms with Gasteiger partial charge in [0.15, 0.2) is 0 Å². The maximum Gasteiger partial charge on any atom is 0.359 e. The number of benzene rings is 1. The van der Waals surface area contributed by atoms with E-state index in [-0.39, 0.29) is 5.92 Å². The zero-order valence-corrected chi connectivity index (χ0v) is 10.5. The third kappa shape index (κ3) is 1.75. The molecule has 1 saturated carbocycles. The Labute approximate surface area is 102 Å². The maximum absolute atomic E-state index is 12.2. The van der Waals surface area contributed by atoms with E-state index in [2.05, 4.69) is 20.9 Å². The molecule has 1 aliphatic rings. The summed E-state index contributed by atoms with van der Waals surface area (Å²) < 4.78 is 13.0. The normalized spacial score (nSPS) is 18.9. The molecule has 1 aromatic rings. The van der Waals surface area contributed by atoms with E-state index in [1.807, 2.05) is 24.3 Å². The molecule has 0 saturated heterocycles. The van der Waals surface area contributed by atoms with Gasteiger partial charge in [-0.25, -0.2) is 4.79 Å². The van der Waals surface area contributed by atoms with E-state index in [0.29, 0.717) is 0 Å². The molecule has 86 valence electrons. The Hall–Kier alpha value is -0.900. The van der Waals surface area contributed by atoms with Gasteiger partial charge in [0, 0.05) is 9.00 Å². The van der Waals surface area contributed by atoms with Crippen molar-refractivity contribution in [2.24, 2.45) is 5.92 Å². The van der Waals surface area contributed by atoms with Crippen LogP contribution in [0, 0.1) is 5.92 Å². The van der Waals surface area contributed by atoms with E-state index < -0.39 is 11.4 Å². The van der Waals surface area contributed by atoms with Gasteiger partial charge in [-0.1, -0.05) is 34.1 Å². The Morgan fingerprint density at radius 2 is 2.12 bits per heavy atom. The van der Waals surface area contributed by atoms with Gasteiger partial charge in [-0.3, -0.25) is 4.94 Å². The topological polar surface area (TPSA) is 26.3 Å². The van der Waals surface area contributed by atoms with E-state index in [0.717, 1.165) is 22.9 Å². The summed E-state index contributed by atoms with van der Waals surface area (Å²) >= 11 is 3.40. The number of halogens is 2. The summed E-state index contributed by atoms with van der Waals surface area (Å²) in [6, 6.07) is 7.38. The number of rotatable bonds is 3. The third-order valence-corrected chi connectivity index (χ3v) is 4.01. The second-order valence-corrected chi connectivity index (χ2v) is 5.18. The monoisotopic (exact) mass is 286 g/mol. The molecule has 0 radical (unpaired) electrons. The highest BCUT2D eigenvalue weighted by Crippen LogP contribution is 2.49. The summed E-state index contributed by atoms with van der Waals surface area (Å²) in [5.41, 5.74) is -0.0883. The van der Waals surface area contributed by atoms with Crippen molar-refractivity contribution in [3.8, 4) is 0 Å². The molecule has 2 rings (SSSR count). The van der Waals surface area contributed by atoms with Crippen molar-refractivity contribution >= 4 is 21.9 Å². The summed E-state index contributed by atoms with van der Waals surface area (Å²) in [6.45, 7) is 1.74. The number of hydrogen-bond acceptors (Lipinski definition) is 2. The molecule has 0 aromatic heterocycles. The molecule has 0 N–H and O–H groups in total. The highest BCUT2D eigenvalue weighted by Gasteiger charge is 2.51. The Kier molecular flexibility index (Phi) is 3.02. The average molecular weight is 287 g/mol. The van der Waals surface area contributed by atoms with Gasteiger partial charge in [-0.2, -0.15) is 0 Å². The minimum absolute atomic E-state index is 0.175. The minimum Gasteiger partial charge on any atom is -0.254 e. The molecule has 1 unspecified atom stereocenters. The lowest BCUT2D eigenvalue weighted by atomic mass is 9.78. The molecule has 1 atom stereocenters. The van der Waals surface area contributed by atoms with Crippen molar-refractivity contribution < 1.29 is 14.3 Å². The van der Waals surface area contributed by atoms with Crippen LogP contribution in [-0.2, 0) is 15.2 Å². The fourth-order valence-corrected chi connectivity index (χ4v) is 2.82. The number of carbonyl (C=O) groups excluding carboxylic acids is 1. The van der Waals surface area contributed by atoms with Crippen molar-refractivity contribution in [1.82, 2.24) is 0 Å². The molecule has 0 bridgehead atoms. The fraction of sp³-hybridized carbons (Fsp3) is 0.417. The molecule has 0 heterocycles. The lowest BCUT2D eigenvalue weighted by molar-refractivity contribution is -0.191. The van der Waals surface area contributed by atoms with E-state index >= 15 is 0 Å². The first-order valence-corrected chi connectivity index (χ1v) is 5.98. The van der Waals surface area contributed by atoms with Gasteiger partial charge in [-0.15, -0.1) is 0 Å². The Balaban J connectivity index is 2.47. The fourth-order valence-electron chi connectivity index (χ4n) is 2.12. The van der Waals surface area contributed by atoms with E-state index in [9.17, 15) is 9.32 Å². The van der Waals surface area contributed by atoms with Crippen LogP contribution in [0.1, 0.15) is 25.3 Å². The van der Waals surface area contributed by atoms with Crippen molar-refractivity contribution in [1.29, 1.82) is 0 Å². The van der Waals surface area contributed by atoms with Crippen LogP contribution in [0.5, 0.6) is 0 Å². The molecule has 16 heavy (non-hydrogen) atoms. The molecular weight excluding hydrogens is 275 g/mol. The molecule has 0 aliphatic heterocycles. The Morgan fingerprint density at radius 3 is 2.62 bits per heavy atom. The Bertz CT molecular complexity index is 417. The van der Waals surface area contributed by atoms with Gasteiger partial charge < -0.3 is 0 Å². The first-order valence-electron chi connectivity index (χ1n) is 5.18. The van der Waals surface area contributed by atoms with Crippen LogP contribution in [0.4, 0.5) is 4.53 Å². The zero-order chi connectivity index (χ0) is 11.8. The van der Waals surface area contributed by atoms with Gasteiger partial charge in [0.1, 0.15) is 0 Å². The minimum atomic E-state index is -0.880. The van der Waals surface area contributed by atoms with Crippen LogP contribution in [0.15, 0.2) is 28.7 Å². The summed E-state index contributed by atoms with van der Waals surface area (Å²) in [5.74, 6) is -0.628. The smallest absolute Gasteiger partial charge is 0.254 e. The quantitative estimate of drug-likeness (QED) is 0.850. The SMILES string of the molecule is CC(C(=O)OF)(c1ccccc1Br)C1CC1. The molecule has 1 fully saturated rings. The lowest BCUT2D eigenvalue weighted by Gasteiger charge is -2.26. The molecule has 1 aliphatic carbocycles. The number of carbonyl (C=O) groups is 1. The zero-order valence-electron chi connectivity index (χ0n) is 8.87. The van der Waals surface area contributed by atoms with Gasteiger partial charge in [0.2, 0.25) is 0 Å². The van der Waals surface area contributed by atoms with Crippen molar-refractivity contribution in [3.05, 3.63) is 34.3 Å². The number of hydrogen-bond donors (Lipinski definition) is 0. The van der Waals surface area contributed by atoms with Crippen LogP contribution in [0.25, 0.3) is 0 Å². The van der Waals surface area contributed by atoms with Crippen molar-refractivity contribution in [2.45, 2.75) is 25.2 Å². The highest BCUT2D eigenvalue weighted by atomic mass is 79.9. The molecule has 1 aromatic carbocycles. The predicted octanol–water partition coefficient (Wildman–Crippen LogP) is 3.54. The molecule has 0 amide bonds. The van der Waals surface area contributed by atoms with E-state index in [1.54, 1.807) is 6.92 Å². The van der Waals surface area contributed by atoms with Crippen molar-refractivity contribution in [3.63, 3.8) is 0 Å². The van der Waals surface area contributed by atoms with Crippen LogP contribution in [0.2, 0.25) is 0 Å². The summed E-state index contributed by atoms with van der Waals surface area (Å²) in [4.78, 5) is 15.1. The van der Waals surface area contributed by atoms with Crippen LogP contribution in [0.3, 0.4) is 0 Å². The second-order valence-electron chi connectivity index (χ2n) is 4.32. The standard InChI is InChI=1S/C12H12BrFO2/c1-12(8-6-7-8,11(15)16-14)9-4-2-3-5-10(9)13/h2-5,8H,6-7H2,1H3. The van der Waals surface area contributed by atoms with Gasteiger partial charge in [0.25, 0.3) is 0 Å². The average Bonchev–Trinajstić information content (AvgIpc) is 3.11. The van der Waals surface area contributed by atoms with Gasteiger partial charge >= 0.3 is 5.97 Å². The molecule has 2 nitrogen and oxygen atoms in total. The lowest BCUT2D eigenvalue weighted by Crippen LogP contribution is -2.35. The maximum atomic E-state index is 12.2. The second kappa shape index (κ2) is 4.17. The van der Waals surface area contributed by atoms with Crippen LogP contribution < -0.4 is 0 Å². The molecule has 4 heteroatoms. The largest absolute Gasteiger partial charge is 0.359 e. The summed E-state index contributed by atoms with van der Waals surface area (Å²) in [5, 5.41) is 0. The molecular formula is C12H12BrFO2. The first-order chi connectivity index (χ1) is 7.60. The van der Waals surface area contributed by atoms with E-state index in [4.69, 9.17) is 0 Å². The van der Waals surface area contributed by atoms with E-state index in [1.165, 1.54) is 0 Å². The van der Waals surface area contributed by atoms with Gasteiger partial charge in [-0.05, 0) is 37.3 Å². The first kappa shape index (κ1) is 11.6. The van der Waals surface area contributed by atoms with Crippen molar-refractivity contribution in [2.75, 3.05) is 0 Å². The third-order valence-electron chi connectivity index (χ3n) is 3.32. The van der Waals surface area contributed by atoms with Crippen LogP contribution >= 0.6 is 15.9 Å². The highest BCUT2D eigenvalue weighted by molar-refractivity contribution is 9.10. The van der Waals surface area contributed by atoms with Crippen LogP contribution in [-0.4, -0.2) is 5.97 Å². The predicted molar refractivity (Wildman–Crippen MR) is 61.4 cm³/mol. The summed E-state index contributed by atoms with van der Waals surface area (Å²) in [6.07, 6.45) is 1.87. The molecule has 0 spiro atoms. The summed E-state index contributed by atoms with van der Waals surface area (Å²) in [7, 11) is 0.